The Kier molecular flexibility index (Phi) is 4.82. The van der Waals surface area contributed by atoms with E-state index in [4.69, 9.17) is 0 Å². The number of nitrogens with zero attached hydrogens (tertiary/aromatic N) is 1. The van der Waals surface area contributed by atoms with Gasteiger partial charge in [0.2, 0.25) is 10.0 Å². The lowest BCUT2D eigenvalue weighted by Gasteiger charge is -2.34. The lowest BCUT2D eigenvalue weighted by molar-refractivity contribution is 0.258. The van der Waals surface area contributed by atoms with Gasteiger partial charge in [0.1, 0.15) is 0 Å². The summed E-state index contributed by atoms with van der Waals surface area (Å²) in [6.07, 6.45) is 4.42. The van der Waals surface area contributed by atoms with Gasteiger partial charge in [-0.3, -0.25) is 0 Å². The average Bonchev–Trinajstić information content (AvgIpc) is 2.63. The molecule has 118 valence electrons. The predicted octanol–water partition coefficient (Wildman–Crippen LogP) is 2.21. The lowest BCUT2D eigenvalue weighted by Crippen LogP contribution is -2.48. The Bertz CT molecular complexity index is 425. The van der Waals surface area contributed by atoms with Gasteiger partial charge < -0.3 is 5.32 Å². The Morgan fingerprint density at radius 3 is 2.25 bits per heavy atom. The van der Waals surface area contributed by atoms with E-state index >= 15 is 0 Å². The molecule has 2 aliphatic rings. The molecule has 0 aromatic rings. The highest BCUT2D eigenvalue weighted by atomic mass is 32.2. The molecule has 20 heavy (non-hydrogen) atoms. The summed E-state index contributed by atoms with van der Waals surface area (Å²) in [5.41, 5.74) is 0.448. The average molecular weight is 302 g/mol. The van der Waals surface area contributed by atoms with Gasteiger partial charge in [-0.15, -0.1) is 0 Å². The quantitative estimate of drug-likeness (QED) is 0.866. The molecule has 4 nitrogen and oxygen atoms in total. The zero-order valence-electron chi connectivity index (χ0n) is 13.4. The monoisotopic (exact) mass is 302 g/mol. The standard InChI is InChI=1S/C15H30N2O2S/c1-5-20(18,19)17-8-6-13(7-9-17)16-14-11-15(3,4)10-12(14)2/h12-14,16H,5-11H2,1-4H3. The summed E-state index contributed by atoms with van der Waals surface area (Å²) < 4.78 is 25.4. The molecule has 0 radical (unpaired) electrons. The SMILES string of the molecule is CCS(=O)(=O)N1CCC(NC2CC(C)(C)CC2C)CC1. The summed E-state index contributed by atoms with van der Waals surface area (Å²) in [4.78, 5) is 0. The number of rotatable bonds is 4. The van der Waals surface area contributed by atoms with Crippen LogP contribution in [0.2, 0.25) is 0 Å². The van der Waals surface area contributed by atoms with E-state index in [9.17, 15) is 8.42 Å². The molecule has 0 bridgehead atoms. The fourth-order valence-electron chi connectivity index (χ4n) is 3.90. The Balaban J connectivity index is 1.84. The van der Waals surface area contributed by atoms with E-state index in [1.807, 2.05) is 0 Å². The van der Waals surface area contributed by atoms with Gasteiger partial charge >= 0.3 is 0 Å². The van der Waals surface area contributed by atoms with Crippen molar-refractivity contribution >= 4 is 10.0 Å². The van der Waals surface area contributed by atoms with Crippen molar-refractivity contribution in [2.75, 3.05) is 18.8 Å². The third-order valence-electron chi connectivity index (χ3n) is 5.00. The number of sulfonamides is 1. The molecule has 1 saturated heterocycles. The van der Waals surface area contributed by atoms with Gasteiger partial charge in [-0.2, -0.15) is 0 Å². The molecule has 2 rings (SSSR count). The van der Waals surface area contributed by atoms with Crippen LogP contribution in [-0.2, 0) is 10.0 Å². The van der Waals surface area contributed by atoms with Crippen molar-refractivity contribution in [3.63, 3.8) is 0 Å². The summed E-state index contributed by atoms with van der Waals surface area (Å²) in [6.45, 7) is 10.1. The normalized spacial score (nSPS) is 32.6. The molecule has 0 aromatic heterocycles. The van der Waals surface area contributed by atoms with Crippen molar-refractivity contribution in [3.8, 4) is 0 Å². The highest BCUT2D eigenvalue weighted by Crippen LogP contribution is 2.41. The number of piperidine rings is 1. The van der Waals surface area contributed by atoms with Gasteiger partial charge in [-0.25, -0.2) is 12.7 Å². The van der Waals surface area contributed by atoms with E-state index < -0.39 is 10.0 Å². The second-order valence-electron chi connectivity index (χ2n) is 7.40. The first-order valence-electron chi connectivity index (χ1n) is 7.97. The van der Waals surface area contributed by atoms with Crippen LogP contribution in [0.3, 0.4) is 0 Å². The van der Waals surface area contributed by atoms with E-state index in [1.165, 1.54) is 12.8 Å². The van der Waals surface area contributed by atoms with Crippen molar-refractivity contribution in [2.45, 2.75) is 65.5 Å². The fraction of sp³-hybridized carbons (Fsp3) is 1.00. The van der Waals surface area contributed by atoms with Crippen LogP contribution in [0, 0.1) is 11.3 Å². The van der Waals surface area contributed by atoms with Crippen LogP contribution in [0.15, 0.2) is 0 Å². The molecular weight excluding hydrogens is 272 g/mol. The Morgan fingerprint density at radius 1 is 1.20 bits per heavy atom. The molecule has 1 aliphatic heterocycles. The van der Waals surface area contributed by atoms with Crippen LogP contribution in [-0.4, -0.2) is 43.6 Å². The maximum Gasteiger partial charge on any atom is 0.213 e. The molecule has 5 heteroatoms. The van der Waals surface area contributed by atoms with Crippen molar-refractivity contribution in [3.05, 3.63) is 0 Å². The molecule has 1 saturated carbocycles. The summed E-state index contributed by atoms with van der Waals surface area (Å²) in [6, 6.07) is 1.09. The van der Waals surface area contributed by atoms with Crippen molar-refractivity contribution in [2.24, 2.45) is 11.3 Å². The smallest absolute Gasteiger partial charge is 0.213 e. The predicted molar refractivity (Wildman–Crippen MR) is 83.2 cm³/mol. The fourth-order valence-corrected chi connectivity index (χ4v) is 5.04. The first-order chi connectivity index (χ1) is 9.23. The third-order valence-corrected chi connectivity index (χ3v) is 6.88. The zero-order valence-corrected chi connectivity index (χ0v) is 14.2. The molecule has 0 spiro atoms. The van der Waals surface area contributed by atoms with Gasteiger partial charge in [0, 0.05) is 25.2 Å². The minimum Gasteiger partial charge on any atom is -0.311 e. The van der Waals surface area contributed by atoms with Gasteiger partial charge in [0.15, 0.2) is 0 Å². The molecule has 2 fully saturated rings. The van der Waals surface area contributed by atoms with Gasteiger partial charge in [0.25, 0.3) is 0 Å². The molecule has 1 aliphatic carbocycles. The van der Waals surface area contributed by atoms with E-state index in [0.29, 0.717) is 30.6 Å². The molecule has 0 amide bonds. The second kappa shape index (κ2) is 5.93. The maximum absolute atomic E-state index is 11.8. The Labute approximate surface area is 124 Å². The lowest BCUT2D eigenvalue weighted by atomic mass is 9.91. The van der Waals surface area contributed by atoms with Crippen LogP contribution >= 0.6 is 0 Å². The molecule has 0 aromatic carbocycles. The zero-order chi connectivity index (χ0) is 15.0. The highest BCUT2D eigenvalue weighted by Gasteiger charge is 2.38. The van der Waals surface area contributed by atoms with Crippen molar-refractivity contribution in [1.29, 1.82) is 0 Å². The van der Waals surface area contributed by atoms with E-state index in [-0.39, 0.29) is 5.75 Å². The maximum atomic E-state index is 11.8. The van der Waals surface area contributed by atoms with Crippen LogP contribution in [0.4, 0.5) is 0 Å². The second-order valence-corrected chi connectivity index (χ2v) is 9.65. The third kappa shape index (κ3) is 3.74. The summed E-state index contributed by atoms with van der Waals surface area (Å²) in [5.74, 6) is 0.946. The van der Waals surface area contributed by atoms with Crippen LogP contribution in [0.1, 0.15) is 53.4 Å². The Morgan fingerprint density at radius 2 is 1.80 bits per heavy atom. The van der Waals surface area contributed by atoms with Gasteiger partial charge in [-0.05, 0) is 43.9 Å². The molecule has 2 unspecified atom stereocenters. The molecule has 2 atom stereocenters. The molecular formula is C15H30N2O2S. The number of hydrogen-bond acceptors (Lipinski definition) is 3. The minimum atomic E-state index is -3.00. The number of nitrogens with one attached hydrogen (secondary N) is 1. The summed E-state index contributed by atoms with van der Waals surface area (Å²) in [7, 11) is -3.00. The molecule has 1 heterocycles. The van der Waals surface area contributed by atoms with Crippen molar-refractivity contribution < 1.29 is 8.42 Å². The van der Waals surface area contributed by atoms with Crippen LogP contribution in [0.5, 0.6) is 0 Å². The first kappa shape index (κ1) is 16.2. The minimum absolute atomic E-state index is 0.221. The highest BCUT2D eigenvalue weighted by molar-refractivity contribution is 7.89. The largest absolute Gasteiger partial charge is 0.311 e. The van der Waals surface area contributed by atoms with E-state index in [2.05, 4.69) is 26.1 Å². The summed E-state index contributed by atoms with van der Waals surface area (Å²) >= 11 is 0. The van der Waals surface area contributed by atoms with Crippen LogP contribution in [0.25, 0.3) is 0 Å². The summed E-state index contributed by atoms with van der Waals surface area (Å²) in [5, 5.41) is 3.79. The van der Waals surface area contributed by atoms with Crippen molar-refractivity contribution in [1.82, 2.24) is 9.62 Å². The van der Waals surface area contributed by atoms with Gasteiger partial charge in [0.05, 0.1) is 5.75 Å². The first-order valence-corrected chi connectivity index (χ1v) is 9.58. The number of hydrogen-bond donors (Lipinski definition) is 1. The Hall–Kier alpha value is -0.130. The van der Waals surface area contributed by atoms with E-state index in [0.717, 1.165) is 18.8 Å². The van der Waals surface area contributed by atoms with Crippen LogP contribution < -0.4 is 5.32 Å². The van der Waals surface area contributed by atoms with Gasteiger partial charge in [-0.1, -0.05) is 20.8 Å². The topological polar surface area (TPSA) is 49.4 Å². The molecule has 1 N–H and O–H groups in total. The van der Waals surface area contributed by atoms with E-state index in [1.54, 1.807) is 11.2 Å².